The minimum Gasteiger partial charge on any atom is -0.0720 e. The van der Waals surface area contributed by atoms with Gasteiger partial charge in [-0.3, -0.25) is 0 Å². The van der Waals surface area contributed by atoms with Crippen LogP contribution in [0.4, 0.5) is 0 Å². The van der Waals surface area contributed by atoms with Crippen LogP contribution in [-0.2, 0) is 0 Å². The SMILES string of the molecule is Cc1c(Br)cc(C2C=Cc3ccccc32)c(C)c1C. The topological polar surface area (TPSA) is 0 Å². The Morgan fingerprint density at radius 2 is 1.63 bits per heavy atom. The molecule has 0 aliphatic heterocycles. The maximum atomic E-state index is 3.69. The second kappa shape index (κ2) is 4.64. The van der Waals surface area contributed by atoms with Crippen molar-refractivity contribution in [3.8, 4) is 0 Å². The first-order valence-corrected chi connectivity index (χ1v) is 7.42. The Morgan fingerprint density at radius 3 is 2.42 bits per heavy atom. The van der Waals surface area contributed by atoms with Gasteiger partial charge in [0.25, 0.3) is 0 Å². The van der Waals surface area contributed by atoms with E-state index in [4.69, 9.17) is 0 Å². The van der Waals surface area contributed by atoms with Crippen LogP contribution >= 0.6 is 15.9 Å². The molecule has 0 N–H and O–H groups in total. The van der Waals surface area contributed by atoms with Crippen LogP contribution in [0.25, 0.3) is 6.08 Å². The van der Waals surface area contributed by atoms with Gasteiger partial charge < -0.3 is 0 Å². The molecule has 0 spiro atoms. The van der Waals surface area contributed by atoms with Gasteiger partial charge in [-0.1, -0.05) is 52.3 Å². The lowest BCUT2D eigenvalue weighted by Gasteiger charge is -2.18. The number of fused-ring (bicyclic) bond motifs is 1. The lowest BCUT2D eigenvalue weighted by molar-refractivity contribution is 1.01. The van der Waals surface area contributed by atoms with Crippen molar-refractivity contribution in [3.05, 3.63) is 74.3 Å². The minimum absolute atomic E-state index is 0.395. The Morgan fingerprint density at radius 1 is 0.895 bits per heavy atom. The summed E-state index contributed by atoms with van der Waals surface area (Å²) in [6.07, 6.45) is 4.55. The van der Waals surface area contributed by atoms with Gasteiger partial charge in [-0.05, 0) is 60.2 Å². The predicted molar refractivity (Wildman–Crippen MR) is 85.7 cm³/mol. The zero-order chi connectivity index (χ0) is 13.6. The van der Waals surface area contributed by atoms with Crippen LogP contribution < -0.4 is 0 Å². The number of halogens is 1. The Kier molecular flexibility index (Phi) is 3.10. The molecule has 1 unspecified atom stereocenters. The summed E-state index contributed by atoms with van der Waals surface area (Å²) in [6.45, 7) is 6.62. The summed E-state index contributed by atoms with van der Waals surface area (Å²) in [6, 6.07) is 11.0. The summed E-state index contributed by atoms with van der Waals surface area (Å²) >= 11 is 3.69. The molecule has 3 rings (SSSR count). The fourth-order valence-corrected chi connectivity index (χ4v) is 3.42. The van der Waals surface area contributed by atoms with E-state index < -0.39 is 0 Å². The maximum absolute atomic E-state index is 3.69. The molecule has 0 saturated heterocycles. The highest BCUT2D eigenvalue weighted by Gasteiger charge is 2.21. The molecule has 0 fully saturated rings. The monoisotopic (exact) mass is 312 g/mol. The molecule has 19 heavy (non-hydrogen) atoms. The van der Waals surface area contributed by atoms with Crippen molar-refractivity contribution in [3.63, 3.8) is 0 Å². The number of rotatable bonds is 1. The average molecular weight is 313 g/mol. The maximum Gasteiger partial charge on any atom is 0.0281 e. The van der Waals surface area contributed by atoms with Crippen molar-refractivity contribution in [2.24, 2.45) is 0 Å². The van der Waals surface area contributed by atoms with Gasteiger partial charge in [0.05, 0.1) is 0 Å². The highest BCUT2D eigenvalue weighted by Crippen LogP contribution is 2.39. The molecule has 2 aromatic rings. The summed E-state index contributed by atoms with van der Waals surface area (Å²) < 4.78 is 1.21. The van der Waals surface area contributed by atoms with Gasteiger partial charge in [-0.15, -0.1) is 0 Å². The molecule has 2 aromatic carbocycles. The van der Waals surface area contributed by atoms with Crippen molar-refractivity contribution in [1.29, 1.82) is 0 Å². The molecule has 1 heteroatoms. The summed E-state index contributed by atoms with van der Waals surface area (Å²) in [5.74, 6) is 0.395. The number of hydrogen-bond donors (Lipinski definition) is 0. The zero-order valence-electron chi connectivity index (χ0n) is 11.5. The first kappa shape index (κ1) is 12.7. The lowest BCUT2D eigenvalue weighted by Crippen LogP contribution is -2.02. The summed E-state index contributed by atoms with van der Waals surface area (Å²) in [7, 11) is 0. The second-order valence-electron chi connectivity index (χ2n) is 5.29. The Balaban J connectivity index is 2.18. The van der Waals surface area contributed by atoms with E-state index in [0.29, 0.717) is 5.92 Å². The van der Waals surface area contributed by atoms with Crippen LogP contribution in [0, 0.1) is 20.8 Å². The quantitative estimate of drug-likeness (QED) is 0.649. The number of allylic oxidation sites excluding steroid dienone is 1. The third-order valence-electron chi connectivity index (χ3n) is 4.33. The van der Waals surface area contributed by atoms with Crippen molar-refractivity contribution < 1.29 is 0 Å². The van der Waals surface area contributed by atoms with E-state index in [1.165, 1.54) is 37.9 Å². The normalized spacial score (nSPS) is 16.7. The van der Waals surface area contributed by atoms with Crippen molar-refractivity contribution in [2.45, 2.75) is 26.7 Å². The number of benzene rings is 2. The third kappa shape index (κ3) is 1.97. The van der Waals surface area contributed by atoms with E-state index >= 15 is 0 Å². The molecule has 96 valence electrons. The molecule has 0 radical (unpaired) electrons. The smallest absolute Gasteiger partial charge is 0.0281 e. The Bertz CT molecular complexity index is 680. The fourth-order valence-electron chi connectivity index (χ4n) is 2.87. The van der Waals surface area contributed by atoms with Crippen molar-refractivity contribution >= 4 is 22.0 Å². The van der Waals surface area contributed by atoms with E-state index in [2.05, 4.69) is 79.2 Å². The van der Waals surface area contributed by atoms with Gasteiger partial charge in [0, 0.05) is 10.4 Å². The summed E-state index contributed by atoms with van der Waals surface area (Å²) in [4.78, 5) is 0. The molecule has 0 bridgehead atoms. The first-order valence-electron chi connectivity index (χ1n) is 6.63. The Hall–Kier alpha value is -1.34. The largest absolute Gasteiger partial charge is 0.0720 e. The van der Waals surface area contributed by atoms with Crippen LogP contribution in [0.15, 0.2) is 40.9 Å². The highest BCUT2D eigenvalue weighted by atomic mass is 79.9. The highest BCUT2D eigenvalue weighted by molar-refractivity contribution is 9.10. The molecule has 0 heterocycles. The summed E-state index contributed by atoms with van der Waals surface area (Å²) in [5, 5.41) is 0. The average Bonchev–Trinajstić information content (AvgIpc) is 2.84. The minimum atomic E-state index is 0.395. The lowest BCUT2D eigenvalue weighted by atomic mass is 9.87. The van der Waals surface area contributed by atoms with Crippen LogP contribution in [0.1, 0.15) is 39.3 Å². The van der Waals surface area contributed by atoms with Gasteiger partial charge in [-0.2, -0.15) is 0 Å². The molecule has 0 nitrogen and oxygen atoms in total. The van der Waals surface area contributed by atoms with E-state index in [9.17, 15) is 0 Å². The third-order valence-corrected chi connectivity index (χ3v) is 5.16. The van der Waals surface area contributed by atoms with Gasteiger partial charge in [0.15, 0.2) is 0 Å². The second-order valence-corrected chi connectivity index (χ2v) is 6.14. The predicted octanol–water partition coefficient (Wildman–Crippen LogP) is 5.53. The molecule has 0 aromatic heterocycles. The van der Waals surface area contributed by atoms with Crippen LogP contribution in [0.2, 0.25) is 0 Å². The molecular formula is C18H17Br. The van der Waals surface area contributed by atoms with E-state index in [0.717, 1.165) is 0 Å². The van der Waals surface area contributed by atoms with E-state index in [1.54, 1.807) is 0 Å². The first-order chi connectivity index (χ1) is 9.09. The Labute approximate surface area is 123 Å². The van der Waals surface area contributed by atoms with Crippen LogP contribution in [-0.4, -0.2) is 0 Å². The van der Waals surface area contributed by atoms with Crippen molar-refractivity contribution in [2.75, 3.05) is 0 Å². The molecule has 0 saturated carbocycles. The van der Waals surface area contributed by atoms with E-state index in [-0.39, 0.29) is 0 Å². The van der Waals surface area contributed by atoms with Crippen molar-refractivity contribution in [1.82, 2.24) is 0 Å². The molecular weight excluding hydrogens is 296 g/mol. The van der Waals surface area contributed by atoms with E-state index in [1.807, 2.05) is 0 Å². The van der Waals surface area contributed by atoms with Crippen LogP contribution in [0.3, 0.4) is 0 Å². The molecule has 1 atom stereocenters. The zero-order valence-corrected chi connectivity index (χ0v) is 13.1. The standard InChI is InChI=1S/C18H17Br/c1-11-12(2)17(10-18(19)13(11)3)16-9-8-14-6-4-5-7-15(14)16/h4-10,16H,1-3H3. The molecule has 1 aliphatic rings. The van der Waals surface area contributed by atoms with Gasteiger partial charge in [0.2, 0.25) is 0 Å². The van der Waals surface area contributed by atoms with Gasteiger partial charge >= 0.3 is 0 Å². The number of hydrogen-bond acceptors (Lipinski definition) is 0. The molecule has 0 amide bonds. The molecule has 1 aliphatic carbocycles. The fraction of sp³-hybridized carbons (Fsp3) is 0.222. The van der Waals surface area contributed by atoms with Gasteiger partial charge in [0.1, 0.15) is 0 Å². The summed E-state index contributed by atoms with van der Waals surface area (Å²) in [5.41, 5.74) is 8.32. The van der Waals surface area contributed by atoms with Crippen LogP contribution in [0.5, 0.6) is 0 Å². The van der Waals surface area contributed by atoms with Gasteiger partial charge in [-0.25, -0.2) is 0 Å².